The molecule has 0 spiro atoms. The highest BCUT2D eigenvalue weighted by Crippen LogP contribution is 2.24. The summed E-state index contributed by atoms with van der Waals surface area (Å²) in [4.78, 5) is 15.2. The van der Waals surface area contributed by atoms with Crippen LogP contribution in [-0.2, 0) is 4.74 Å². The third kappa shape index (κ3) is 3.01. The van der Waals surface area contributed by atoms with Gasteiger partial charge in [-0.2, -0.15) is 0 Å². The van der Waals surface area contributed by atoms with Crippen LogP contribution in [0, 0.1) is 6.92 Å². The number of aromatic nitrogens is 1. The lowest BCUT2D eigenvalue weighted by Gasteiger charge is -2.07. The van der Waals surface area contributed by atoms with Crippen LogP contribution in [0.4, 0.5) is 5.69 Å². The van der Waals surface area contributed by atoms with Crippen molar-refractivity contribution in [1.29, 1.82) is 0 Å². The van der Waals surface area contributed by atoms with E-state index in [-0.39, 0.29) is 5.69 Å². The number of carbonyl (C=O) groups excluding carboxylic acids is 1. The molecule has 2 rings (SSSR count). The first-order chi connectivity index (χ1) is 9.10. The van der Waals surface area contributed by atoms with Gasteiger partial charge in [0.1, 0.15) is 17.2 Å². The maximum absolute atomic E-state index is 11.2. The summed E-state index contributed by atoms with van der Waals surface area (Å²) in [6, 6.07) is 8.59. The van der Waals surface area contributed by atoms with Gasteiger partial charge in [0, 0.05) is 5.69 Å². The Kier molecular flexibility index (Phi) is 3.66. The number of esters is 1. The van der Waals surface area contributed by atoms with Crippen LogP contribution in [0.2, 0.25) is 0 Å². The van der Waals surface area contributed by atoms with Gasteiger partial charge in [-0.3, -0.25) is 0 Å². The Hall–Kier alpha value is -2.56. The Morgan fingerprint density at radius 1 is 1.21 bits per heavy atom. The standard InChI is InChI=1S/C14H14N2O3/c1-9-7-10(3-5-12(9)15)19-11-4-6-13(16-8-11)14(17)18-2/h3-8H,15H2,1-2H3. The highest BCUT2D eigenvalue weighted by molar-refractivity contribution is 5.87. The van der Waals surface area contributed by atoms with Crippen molar-refractivity contribution in [2.75, 3.05) is 12.8 Å². The van der Waals surface area contributed by atoms with Crippen molar-refractivity contribution in [3.05, 3.63) is 47.8 Å². The first-order valence-corrected chi connectivity index (χ1v) is 5.68. The highest BCUT2D eigenvalue weighted by atomic mass is 16.5. The summed E-state index contributed by atoms with van der Waals surface area (Å²) in [5.41, 5.74) is 7.63. The molecule has 0 saturated heterocycles. The van der Waals surface area contributed by atoms with Gasteiger partial charge in [0.2, 0.25) is 0 Å². The second-order valence-electron chi connectivity index (χ2n) is 3.99. The maximum Gasteiger partial charge on any atom is 0.356 e. The number of ether oxygens (including phenoxy) is 2. The van der Waals surface area contributed by atoms with E-state index in [4.69, 9.17) is 10.5 Å². The number of nitrogens with zero attached hydrogens (tertiary/aromatic N) is 1. The van der Waals surface area contributed by atoms with Gasteiger partial charge in [0.15, 0.2) is 0 Å². The Bertz CT molecular complexity index is 594. The van der Waals surface area contributed by atoms with E-state index in [1.807, 2.05) is 13.0 Å². The number of anilines is 1. The molecule has 0 fully saturated rings. The summed E-state index contributed by atoms with van der Waals surface area (Å²) in [6.07, 6.45) is 1.47. The molecule has 0 aliphatic heterocycles. The summed E-state index contributed by atoms with van der Waals surface area (Å²) in [5.74, 6) is 0.728. The van der Waals surface area contributed by atoms with Crippen molar-refractivity contribution < 1.29 is 14.3 Å². The van der Waals surface area contributed by atoms with Crippen LogP contribution in [0.25, 0.3) is 0 Å². The number of rotatable bonds is 3. The quantitative estimate of drug-likeness (QED) is 0.676. The maximum atomic E-state index is 11.2. The van der Waals surface area contributed by atoms with E-state index in [0.29, 0.717) is 17.2 Å². The topological polar surface area (TPSA) is 74.4 Å². The average molecular weight is 258 g/mol. The minimum absolute atomic E-state index is 0.239. The molecule has 2 aromatic rings. The minimum Gasteiger partial charge on any atom is -0.464 e. The Morgan fingerprint density at radius 2 is 1.95 bits per heavy atom. The fraction of sp³-hybridized carbons (Fsp3) is 0.143. The van der Waals surface area contributed by atoms with Crippen LogP contribution in [0.15, 0.2) is 36.5 Å². The average Bonchev–Trinajstić information content (AvgIpc) is 2.43. The predicted molar refractivity (Wildman–Crippen MR) is 71.2 cm³/mol. The van der Waals surface area contributed by atoms with E-state index in [1.54, 1.807) is 24.3 Å². The lowest BCUT2D eigenvalue weighted by atomic mass is 10.2. The Morgan fingerprint density at radius 3 is 2.53 bits per heavy atom. The zero-order valence-corrected chi connectivity index (χ0v) is 10.7. The van der Waals surface area contributed by atoms with Crippen LogP contribution >= 0.6 is 0 Å². The van der Waals surface area contributed by atoms with Gasteiger partial charge in [-0.25, -0.2) is 9.78 Å². The normalized spacial score (nSPS) is 10.0. The number of benzene rings is 1. The van der Waals surface area contributed by atoms with Gasteiger partial charge in [-0.1, -0.05) is 0 Å². The highest BCUT2D eigenvalue weighted by Gasteiger charge is 2.07. The summed E-state index contributed by atoms with van der Waals surface area (Å²) < 4.78 is 10.2. The second kappa shape index (κ2) is 5.39. The molecule has 98 valence electrons. The first-order valence-electron chi connectivity index (χ1n) is 5.68. The number of carbonyl (C=O) groups is 1. The molecule has 19 heavy (non-hydrogen) atoms. The van der Waals surface area contributed by atoms with E-state index < -0.39 is 5.97 Å². The Balaban J connectivity index is 2.15. The van der Waals surface area contributed by atoms with Crippen LogP contribution < -0.4 is 10.5 Å². The molecule has 0 unspecified atom stereocenters. The van der Waals surface area contributed by atoms with Crippen molar-refractivity contribution >= 4 is 11.7 Å². The van der Waals surface area contributed by atoms with Gasteiger partial charge in [0.25, 0.3) is 0 Å². The number of hydrogen-bond donors (Lipinski definition) is 1. The molecule has 0 atom stereocenters. The van der Waals surface area contributed by atoms with Gasteiger partial charge in [-0.15, -0.1) is 0 Å². The fourth-order valence-electron chi connectivity index (χ4n) is 1.51. The summed E-state index contributed by atoms with van der Waals surface area (Å²) >= 11 is 0. The molecule has 1 heterocycles. The molecule has 5 nitrogen and oxygen atoms in total. The largest absolute Gasteiger partial charge is 0.464 e. The monoisotopic (exact) mass is 258 g/mol. The minimum atomic E-state index is -0.477. The van der Waals surface area contributed by atoms with Crippen molar-refractivity contribution in [1.82, 2.24) is 4.98 Å². The van der Waals surface area contributed by atoms with Gasteiger partial charge in [-0.05, 0) is 42.8 Å². The van der Waals surface area contributed by atoms with E-state index in [1.165, 1.54) is 13.3 Å². The molecule has 0 aliphatic rings. The Labute approximate surface area is 111 Å². The third-order valence-electron chi connectivity index (χ3n) is 2.61. The van der Waals surface area contributed by atoms with Gasteiger partial charge >= 0.3 is 5.97 Å². The predicted octanol–water partition coefficient (Wildman–Crippen LogP) is 2.55. The smallest absolute Gasteiger partial charge is 0.356 e. The number of pyridine rings is 1. The van der Waals surface area contributed by atoms with Crippen molar-refractivity contribution in [2.45, 2.75) is 6.92 Å². The fourth-order valence-corrected chi connectivity index (χ4v) is 1.51. The molecule has 0 aliphatic carbocycles. The van der Waals surface area contributed by atoms with E-state index in [2.05, 4.69) is 9.72 Å². The number of methoxy groups -OCH3 is 1. The molecule has 0 saturated carbocycles. The molecule has 0 radical (unpaired) electrons. The molecular weight excluding hydrogens is 244 g/mol. The summed E-state index contributed by atoms with van der Waals surface area (Å²) in [5, 5.41) is 0. The van der Waals surface area contributed by atoms with Crippen molar-refractivity contribution in [3.63, 3.8) is 0 Å². The van der Waals surface area contributed by atoms with Crippen molar-refractivity contribution in [3.8, 4) is 11.5 Å². The SMILES string of the molecule is COC(=O)c1ccc(Oc2ccc(N)c(C)c2)cn1. The molecule has 5 heteroatoms. The lowest BCUT2D eigenvalue weighted by molar-refractivity contribution is 0.0594. The van der Waals surface area contributed by atoms with Crippen LogP contribution in [0.3, 0.4) is 0 Å². The zero-order valence-electron chi connectivity index (χ0n) is 10.7. The van der Waals surface area contributed by atoms with Crippen molar-refractivity contribution in [2.24, 2.45) is 0 Å². The molecule has 0 amide bonds. The molecule has 2 N–H and O–H groups in total. The number of aryl methyl sites for hydroxylation is 1. The molecule has 1 aromatic heterocycles. The van der Waals surface area contributed by atoms with Gasteiger partial charge in [0.05, 0.1) is 13.3 Å². The van der Waals surface area contributed by atoms with E-state index in [9.17, 15) is 4.79 Å². The molecule has 0 bridgehead atoms. The zero-order chi connectivity index (χ0) is 13.8. The van der Waals surface area contributed by atoms with Crippen LogP contribution in [0.5, 0.6) is 11.5 Å². The first kappa shape index (κ1) is 12.9. The third-order valence-corrected chi connectivity index (χ3v) is 2.61. The summed E-state index contributed by atoms with van der Waals surface area (Å²) in [6.45, 7) is 1.90. The lowest BCUT2D eigenvalue weighted by Crippen LogP contribution is -2.03. The number of nitrogen functional groups attached to an aromatic ring is 1. The second-order valence-corrected chi connectivity index (χ2v) is 3.99. The van der Waals surface area contributed by atoms with E-state index in [0.717, 1.165) is 5.56 Å². The number of hydrogen-bond acceptors (Lipinski definition) is 5. The van der Waals surface area contributed by atoms with Gasteiger partial charge < -0.3 is 15.2 Å². The number of nitrogens with two attached hydrogens (primary N) is 1. The molecular formula is C14H14N2O3. The molecule has 1 aromatic carbocycles. The summed E-state index contributed by atoms with van der Waals surface area (Å²) in [7, 11) is 1.31. The van der Waals surface area contributed by atoms with E-state index >= 15 is 0 Å². The van der Waals surface area contributed by atoms with Crippen LogP contribution in [-0.4, -0.2) is 18.1 Å². The van der Waals surface area contributed by atoms with Crippen LogP contribution in [0.1, 0.15) is 16.1 Å².